The van der Waals surface area contributed by atoms with Crippen LogP contribution in [0.5, 0.6) is 0 Å². The van der Waals surface area contributed by atoms with Gasteiger partial charge in [0.2, 0.25) is 0 Å². The zero-order valence-electron chi connectivity index (χ0n) is 55.9. The summed E-state index contributed by atoms with van der Waals surface area (Å²) in [4.78, 5) is 72.3. The number of carbonyl (C=O) groups is 4. The number of phosphoric acid groups is 2. The van der Waals surface area contributed by atoms with E-state index in [1.54, 1.807) is 0 Å². The number of aliphatic hydroxyl groups excluding tert-OH is 1. The Labute approximate surface area is 524 Å². The molecule has 3 unspecified atom stereocenters. The zero-order chi connectivity index (χ0) is 63.9. The summed E-state index contributed by atoms with van der Waals surface area (Å²) >= 11 is 0. The van der Waals surface area contributed by atoms with Gasteiger partial charge in [-0.2, -0.15) is 0 Å². The molecule has 0 aromatic rings. The molecule has 0 aliphatic carbocycles. The molecule has 510 valence electrons. The molecule has 3 N–H and O–H groups in total. The second kappa shape index (κ2) is 57.0. The molecule has 0 heterocycles. The number of hydrogen-bond donors (Lipinski definition) is 3. The zero-order valence-corrected chi connectivity index (χ0v) is 57.7. The molecule has 0 aliphatic heterocycles. The molecule has 0 saturated carbocycles. The Balaban J connectivity index is 5.19. The second-order valence-electron chi connectivity index (χ2n) is 25.9. The normalized spacial score (nSPS) is 14.7. The van der Waals surface area contributed by atoms with Gasteiger partial charge < -0.3 is 33.8 Å². The quantitative estimate of drug-likeness (QED) is 0.0222. The molecule has 19 heteroatoms. The molecule has 0 aromatic carbocycles. The van der Waals surface area contributed by atoms with Crippen molar-refractivity contribution in [2.45, 2.75) is 343 Å². The van der Waals surface area contributed by atoms with Crippen LogP contribution in [0.3, 0.4) is 0 Å². The molecule has 0 spiro atoms. The summed E-state index contributed by atoms with van der Waals surface area (Å²) in [5.74, 6) is 0.741. The van der Waals surface area contributed by atoms with E-state index in [2.05, 4.69) is 55.4 Å². The van der Waals surface area contributed by atoms with Gasteiger partial charge in [0, 0.05) is 25.7 Å². The third-order valence-electron chi connectivity index (χ3n) is 15.7. The summed E-state index contributed by atoms with van der Waals surface area (Å²) in [5, 5.41) is 10.5. The standard InChI is InChI=1S/C67H130O17P2/c1-9-60(8)46-38-30-23-26-34-42-50-67(72)84-63(54-78-65(70)48-40-32-25-22-29-37-45-59(6)7)56-82-86(75,76)80-52-61(68)51-79-85(73,74)81-55-62(53-77-64(69)47-39-31-24-21-28-36-44-58(4)5)83-66(71)49-41-33-20-18-16-14-12-10-11-13-15-17-19-27-35-43-57(2)3/h57-63,68H,9-56H2,1-8H3,(H,73,74)(H,75,76)/t60?,61-,62-,63-/m1/s1. The fourth-order valence-electron chi connectivity index (χ4n) is 9.93. The number of rotatable bonds is 64. The minimum Gasteiger partial charge on any atom is -0.462 e. The lowest BCUT2D eigenvalue weighted by atomic mass is 10.00. The first kappa shape index (κ1) is 84.1. The highest BCUT2D eigenvalue weighted by atomic mass is 31.2. The Kier molecular flexibility index (Phi) is 55.7. The van der Waals surface area contributed by atoms with Crippen molar-refractivity contribution in [3.63, 3.8) is 0 Å². The highest BCUT2D eigenvalue weighted by molar-refractivity contribution is 7.47. The number of aliphatic hydroxyl groups is 1. The summed E-state index contributed by atoms with van der Waals surface area (Å²) in [7, 11) is -9.89. The predicted molar refractivity (Wildman–Crippen MR) is 344 cm³/mol. The maximum Gasteiger partial charge on any atom is 0.472 e. The molecule has 0 amide bonds. The molecular weight excluding hydrogens is 1140 g/mol. The Bertz CT molecular complexity index is 1720. The molecule has 0 aromatic heterocycles. The van der Waals surface area contributed by atoms with Crippen LogP contribution in [0, 0.1) is 23.7 Å². The Morgan fingerprint density at radius 1 is 0.326 bits per heavy atom. The van der Waals surface area contributed by atoms with E-state index in [4.69, 9.17) is 37.0 Å². The van der Waals surface area contributed by atoms with Gasteiger partial charge in [0.15, 0.2) is 12.2 Å². The van der Waals surface area contributed by atoms with Gasteiger partial charge in [0.25, 0.3) is 0 Å². The van der Waals surface area contributed by atoms with Crippen LogP contribution in [0.25, 0.3) is 0 Å². The number of phosphoric ester groups is 2. The van der Waals surface area contributed by atoms with Crippen LogP contribution in [-0.4, -0.2) is 96.7 Å². The summed E-state index contributed by atoms with van der Waals surface area (Å²) in [6.45, 7) is 13.9. The molecule has 6 atom stereocenters. The van der Waals surface area contributed by atoms with E-state index in [0.29, 0.717) is 37.5 Å². The topological polar surface area (TPSA) is 237 Å². The molecular formula is C67H130O17P2. The van der Waals surface area contributed by atoms with Crippen LogP contribution in [0.15, 0.2) is 0 Å². The van der Waals surface area contributed by atoms with Crippen molar-refractivity contribution in [3.05, 3.63) is 0 Å². The summed E-state index contributed by atoms with van der Waals surface area (Å²) in [6, 6.07) is 0. The van der Waals surface area contributed by atoms with Crippen LogP contribution in [0.4, 0.5) is 0 Å². The van der Waals surface area contributed by atoms with E-state index in [-0.39, 0.29) is 25.7 Å². The van der Waals surface area contributed by atoms with Gasteiger partial charge in [-0.1, -0.05) is 274 Å². The molecule has 0 aliphatic rings. The minimum atomic E-state index is -4.95. The number of hydrogen-bond acceptors (Lipinski definition) is 15. The van der Waals surface area contributed by atoms with Gasteiger partial charge in [-0.3, -0.25) is 37.3 Å². The number of esters is 4. The first-order chi connectivity index (χ1) is 41.1. The fourth-order valence-corrected chi connectivity index (χ4v) is 11.5. The Morgan fingerprint density at radius 3 is 0.826 bits per heavy atom. The SMILES string of the molecule is CCC(C)CCCCCCCCC(=O)O[C@H](COC(=O)CCCCCCCCC(C)C)COP(=O)(O)OC[C@H](O)COP(=O)(O)OC[C@@H](COC(=O)CCCCCCCCC(C)C)OC(=O)CCCCCCCCCCCCCCCCCC(C)C. The predicted octanol–water partition coefficient (Wildman–Crippen LogP) is 18.5. The van der Waals surface area contributed by atoms with Crippen molar-refractivity contribution >= 4 is 39.5 Å². The van der Waals surface area contributed by atoms with Gasteiger partial charge in [0.1, 0.15) is 19.3 Å². The lowest BCUT2D eigenvalue weighted by Crippen LogP contribution is -2.30. The molecule has 86 heavy (non-hydrogen) atoms. The van der Waals surface area contributed by atoms with Gasteiger partial charge in [-0.25, -0.2) is 9.13 Å². The van der Waals surface area contributed by atoms with Crippen LogP contribution < -0.4 is 0 Å². The maximum absolute atomic E-state index is 13.0. The van der Waals surface area contributed by atoms with Gasteiger partial charge >= 0.3 is 39.5 Å². The average Bonchev–Trinajstić information content (AvgIpc) is 3.67. The van der Waals surface area contributed by atoms with E-state index >= 15 is 0 Å². The van der Waals surface area contributed by atoms with Crippen molar-refractivity contribution < 1.29 is 80.2 Å². The Hall–Kier alpha value is -1.94. The average molecular weight is 1270 g/mol. The number of unbranched alkanes of at least 4 members (excludes halogenated alkanes) is 29. The van der Waals surface area contributed by atoms with Gasteiger partial charge in [0.05, 0.1) is 26.4 Å². The monoisotopic (exact) mass is 1270 g/mol. The molecule has 0 fully saturated rings. The van der Waals surface area contributed by atoms with E-state index in [9.17, 15) is 43.2 Å². The largest absolute Gasteiger partial charge is 0.472 e. The maximum atomic E-state index is 13.0. The molecule has 0 bridgehead atoms. The molecule has 17 nitrogen and oxygen atoms in total. The van der Waals surface area contributed by atoms with Crippen LogP contribution in [-0.2, 0) is 65.4 Å². The highest BCUT2D eigenvalue weighted by Gasteiger charge is 2.30. The van der Waals surface area contributed by atoms with Gasteiger partial charge in [-0.15, -0.1) is 0 Å². The van der Waals surface area contributed by atoms with Gasteiger partial charge in [-0.05, 0) is 49.4 Å². The fraction of sp³-hybridized carbons (Fsp3) is 0.940. The summed E-state index contributed by atoms with van der Waals surface area (Å²) < 4.78 is 68.0. The van der Waals surface area contributed by atoms with Crippen molar-refractivity contribution in [3.8, 4) is 0 Å². The van der Waals surface area contributed by atoms with E-state index in [0.717, 1.165) is 115 Å². The van der Waals surface area contributed by atoms with Crippen molar-refractivity contribution in [2.24, 2.45) is 23.7 Å². The van der Waals surface area contributed by atoms with Crippen molar-refractivity contribution in [1.29, 1.82) is 0 Å². The van der Waals surface area contributed by atoms with Crippen LogP contribution >= 0.6 is 15.6 Å². The van der Waals surface area contributed by atoms with Crippen molar-refractivity contribution in [1.82, 2.24) is 0 Å². The molecule has 0 radical (unpaired) electrons. The first-order valence-electron chi connectivity index (χ1n) is 34.7. The van der Waals surface area contributed by atoms with E-state index in [1.165, 1.54) is 116 Å². The lowest BCUT2D eigenvalue weighted by Gasteiger charge is -2.21. The third kappa shape index (κ3) is 59.7. The number of ether oxygens (including phenoxy) is 4. The minimum absolute atomic E-state index is 0.101. The Morgan fingerprint density at radius 2 is 0.558 bits per heavy atom. The van der Waals surface area contributed by atoms with E-state index in [1.807, 2.05) is 0 Å². The lowest BCUT2D eigenvalue weighted by molar-refractivity contribution is -0.161. The first-order valence-corrected chi connectivity index (χ1v) is 37.7. The smallest absolute Gasteiger partial charge is 0.462 e. The number of carbonyl (C=O) groups excluding carboxylic acids is 4. The summed E-state index contributed by atoms with van der Waals surface area (Å²) in [5.41, 5.74) is 0. The highest BCUT2D eigenvalue weighted by Crippen LogP contribution is 2.45. The van der Waals surface area contributed by atoms with Crippen LogP contribution in [0.1, 0.15) is 325 Å². The third-order valence-corrected chi connectivity index (χ3v) is 17.6. The van der Waals surface area contributed by atoms with Crippen LogP contribution in [0.2, 0.25) is 0 Å². The van der Waals surface area contributed by atoms with E-state index < -0.39 is 97.5 Å². The molecule has 0 saturated heterocycles. The second-order valence-corrected chi connectivity index (χ2v) is 28.8. The molecule has 0 rings (SSSR count). The summed E-state index contributed by atoms with van der Waals surface area (Å²) in [6.07, 6.45) is 38.0. The van der Waals surface area contributed by atoms with Crippen molar-refractivity contribution in [2.75, 3.05) is 39.6 Å².